The molecule has 2 unspecified atom stereocenters. The van der Waals surface area contributed by atoms with Crippen LogP contribution < -0.4 is 5.32 Å². The fourth-order valence-corrected chi connectivity index (χ4v) is 3.01. The van der Waals surface area contributed by atoms with Crippen molar-refractivity contribution in [3.8, 4) is 0 Å². The number of aliphatic hydroxyl groups is 1. The first-order valence-corrected chi connectivity index (χ1v) is 6.70. The average molecular weight is 211 g/mol. The molecule has 0 heterocycles. The number of hydrogen-bond donors (Lipinski definition) is 2. The molecular formula is C13H25NO. The maximum atomic E-state index is 9.18. The maximum absolute atomic E-state index is 9.18. The van der Waals surface area contributed by atoms with Gasteiger partial charge in [-0.25, -0.2) is 0 Å². The van der Waals surface area contributed by atoms with Crippen LogP contribution in [0.5, 0.6) is 0 Å². The summed E-state index contributed by atoms with van der Waals surface area (Å²) in [7, 11) is 0. The van der Waals surface area contributed by atoms with Gasteiger partial charge in [0.05, 0.1) is 6.61 Å². The number of aliphatic hydroxyl groups excluding tert-OH is 1. The summed E-state index contributed by atoms with van der Waals surface area (Å²) in [5, 5.41) is 12.8. The SMILES string of the molecule is CC[C@@H](CO)NC1CCCC(C2CC2)C1. The molecule has 2 saturated carbocycles. The lowest BCUT2D eigenvalue weighted by Crippen LogP contribution is -2.42. The second-order valence-corrected chi connectivity index (χ2v) is 5.42. The molecule has 2 N–H and O–H groups in total. The van der Waals surface area contributed by atoms with Gasteiger partial charge in [0.2, 0.25) is 0 Å². The van der Waals surface area contributed by atoms with Crippen LogP contribution in [-0.2, 0) is 0 Å². The molecule has 2 heteroatoms. The van der Waals surface area contributed by atoms with Gasteiger partial charge in [0.15, 0.2) is 0 Å². The fraction of sp³-hybridized carbons (Fsp3) is 1.00. The Morgan fingerprint density at radius 1 is 1.20 bits per heavy atom. The van der Waals surface area contributed by atoms with E-state index in [9.17, 15) is 5.11 Å². The second-order valence-electron chi connectivity index (χ2n) is 5.42. The Hall–Kier alpha value is -0.0800. The van der Waals surface area contributed by atoms with Crippen molar-refractivity contribution in [3.05, 3.63) is 0 Å². The van der Waals surface area contributed by atoms with Crippen LogP contribution in [0.2, 0.25) is 0 Å². The van der Waals surface area contributed by atoms with Crippen molar-refractivity contribution in [1.29, 1.82) is 0 Å². The van der Waals surface area contributed by atoms with E-state index in [4.69, 9.17) is 0 Å². The molecule has 0 bridgehead atoms. The molecule has 2 aliphatic carbocycles. The molecule has 0 aromatic carbocycles. The summed E-state index contributed by atoms with van der Waals surface area (Å²) in [5.41, 5.74) is 0. The first kappa shape index (κ1) is 11.4. The fourth-order valence-electron chi connectivity index (χ4n) is 3.01. The van der Waals surface area contributed by atoms with E-state index in [-0.39, 0.29) is 0 Å². The molecular weight excluding hydrogens is 186 g/mol. The highest BCUT2D eigenvalue weighted by Gasteiger charge is 2.34. The monoisotopic (exact) mass is 211 g/mol. The molecule has 2 aliphatic rings. The van der Waals surface area contributed by atoms with Crippen molar-refractivity contribution >= 4 is 0 Å². The highest BCUT2D eigenvalue weighted by atomic mass is 16.3. The zero-order chi connectivity index (χ0) is 10.7. The molecule has 0 aromatic heterocycles. The summed E-state index contributed by atoms with van der Waals surface area (Å²) in [4.78, 5) is 0. The second kappa shape index (κ2) is 5.31. The van der Waals surface area contributed by atoms with E-state index in [1.54, 1.807) is 0 Å². The Kier molecular flexibility index (Phi) is 4.04. The number of hydrogen-bond acceptors (Lipinski definition) is 2. The van der Waals surface area contributed by atoms with Crippen LogP contribution in [0.25, 0.3) is 0 Å². The van der Waals surface area contributed by atoms with E-state index in [1.165, 1.54) is 38.5 Å². The molecule has 2 fully saturated rings. The van der Waals surface area contributed by atoms with Crippen molar-refractivity contribution < 1.29 is 5.11 Å². The Labute approximate surface area is 93.5 Å². The largest absolute Gasteiger partial charge is 0.395 e. The summed E-state index contributed by atoms with van der Waals surface area (Å²) >= 11 is 0. The Morgan fingerprint density at radius 3 is 2.60 bits per heavy atom. The van der Waals surface area contributed by atoms with Crippen LogP contribution in [0.4, 0.5) is 0 Å². The molecule has 0 aliphatic heterocycles. The van der Waals surface area contributed by atoms with Crippen molar-refractivity contribution in [2.24, 2.45) is 11.8 Å². The molecule has 88 valence electrons. The van der Waals surface area contributed by atoms with E-state index < -0.39 is 0 Å². The van der Waals surface area contributed by atoms with Gasteiger partial charge >= 0.3 is 0 Å². The first-order valence-electron chi connectivity index (χ1n) is 6.70. The zero-order valence-electron chi connectivity index (χ0n) is 9.91. The van der Waals surface area contributed by atoms with Crippen molar-refractivity contribution in [1.82, 2.24) is 5.32 Å². The molecule has 2 rings (SSSR count). The predicted molar refractivity (Wildman–Crippen MR) is 62.8 cm³/mol. The third-order valence-electron chi connectivity index (χ3n) is 4.19. The first-order chi connectivity index (χ1) is 7.33. The highest BCUT2D eigenvalue weighted by Crippen LogP contribution is 2.43. The lowest BCUT2D eigenvalue weighted by Gasteiger charge is -2.32. The van der Waals surface area contributed by atoms with Crippen molar-refractivity contribution in [2.75, 3.05) is 6.61 Å². The maximum Gasteiger partial charge on any atom is 0.0584 e. The molecule has 3 atom stereocenters. The van der Waals surface area contributed by atoms with Crippen molar-refractivity contribution in [2.45, 2.75) is 64.0 Å². The highest BCUT2D eigenvalue weighted by molar-refractivity contribution is 4.88. The smallest absolute Gasteiger partial charge is 0.0584 e. The van der Waals surface area contributed by atoms with Crippen molar-refractivity contribution in [3.63, 3.8) is 0 Å². The molecule has 0 spiro atoms. The molecule has 0 radical (unpaired) electrons. The van der Waals surface area contributed by atoms with Crippen LogP contribution in [-0.4, -0.2) is 23.8 Å². The number of rotatable bonds is 5. The minimum absolute atomic E-state index is 0.293. The van der Waals surface area contributed by atoms with Gasteiger partial charge in [0.1, 0.15) is 0 Å². The van der Waals surface area contributed by atoms with E-state index in [2.05, 4.69) is 12.2 Å². The van der Waals surface area contributed by atoms with E-state index in [0.717, 1.165) is 18.3 Å². The standard InChI is InChI=1S/C13H25NO/c1-2-12(9-15)14-13-5-3-4-11(8-13)10-6-7-10/h10-15H,2-9H2,1H3/t11?,12-,13?/m0/s1. The predicted octanol–water partition coefficient (Wildman–Crippen LogP) is 2.32. The van der Waals surface area contributed by atoms with E-state index in [1.807, 2.05) is 0 Å². The van der Waals surface area contributed by atoms with Gasteiger partial charge in [-0.15, -0.1) is 0 Å². The molecule has 0 amide bonds. The van der Waals surface area contributed by atoms with E-state index >= 15 is 0 Å². The third kappa shape index (κ3) is 3.18. The summed E-state index contributed by atoms with van der Waals surface area (Å²) in [5.74, 6) is 2.05. The Morgan fingerprint density at radius 2 is 2.00 bits per heavy atom. The molecule has 0 saturated heterocycles. The van der Waals surface area contributed by atoms with Gasteiger partial charge in [-0.3, -0.25) is 0 Å². The Balaban J connectivity index is 1.76. The van der Waals surface area contributed by atoms with Crippen LogP contribution in [0.15, 0.2) is 0 Å². The minimum Gasteiger partial charge on any atom is -0.395 e. The van der Waals surface area contributed by atoms with Gasteiger partial charge in [0.25, 0.3) is 0 Å². The summed E-state index contributed by atoms with van der Waals surface area (Å²) < 4.78 is 0. The van der Waals surface area contributed by atoms with E-state index in [0.29, 0.717) is 18.7 Å². The topological polar surface area (TPSA) is 32.3 Å². The quantitative estimate of drug-likeness (QED) is 0.731. The van der Waals surface area contributed by atoms with Crippen LogP contribution >= 0.6 is 0 Å². The molecule has 15 heavy (non-hydrogen) atoms. The number of nitrogens with one attached hydrogen (secondary N) is 1. The van der Waals surface area contributed by atoms with Crippen LogP contribution in [0, 0.1) is 11.8 Å². The zero-order valence-corrected chi connectivity index (χ0v) is 9.91. The van der Waals surface area contributed by atoms with Gasteiger partial charge in [-0.1, -0.05) is 19.8 Å². The summed E-state index contributed by atoms with van der Waals surface area (Å²) in [6.07, 6.45) is 9.53. The third-order valence-corrected chi connectivity index (χ3v) is 4.19. The average Bonchev–Trinajstić information content (AvgIpc) is 3.10. The van der Waals surface area contributed by atoms with Gasteiger partial charge < -0.3 is 10.4 Å². The molecule has 0 aromatic rings. The van der Waals surface area contributed by atoms with Crippen LogP contribution in [0.1, 0.15) is 51.9 Å². The summed E-state index contributed by atoms with van der Waals surface area (Å²) in [6, 6.07) is 1.01. The lowest BCUT2D eigenvalue weighted by atomic mass is 9.82. The Bertz CT molecular complexity index is 185. The van der Waals surface area contributed by atoms with Gasteiger partial charge in [0, 0.05) is 12.1 Å². The normalized spacial score (nSPS) is 34.0. The lowest BCUT2D eigenvalue weighted by molar-refractivity contribution is 0.194. The summed E-state index contributed by atoms with van der Waals surface area (Å²) in [6.45, 7) is 2.44. The van der Waals surface area contributed by atoms with Crippen LogP contribution in [0.3, 0.4) is 0 Å². The molecule has 2 nitrogen and oxygen atoms in total. The minimum atomic E-state index is 0.293. The van der Waals surface area contributed by atoms with Gasteiger partial charge in [-0.05, 0) is 43.9 Å². The van der Waals surface area contributed by atoms with Gasteiger partial charge in [-0.2, -0.15) is 0 Å².